The van der Waals surface area contributed by atoms with Gasteiger partial charge in [-0.15, -0.1) is 12.4 Å². The minimum atomic E-state index is -1.37. The van der Waals surface area contributed by atoms with Crippen LogP contribution in [0.3, 0.4) is 0 Å². The van der Waals surface area contributed by atoms with Gasteiger partial charge in [0.25, 0.3) is 0 Å². The second kappa shape index (κ2) is 11.2. The number of aromatic nitrogens is 1. The van der Waals surface area contributed by atoms with Gasteiger partial charge in [-0.3, -0.25) is 19.1 Å². The number of aromatic carboxylic acids is 1. The van der Waals surface area contributed by atoms with Gasteiger partial charge in [-0.25, -0.2) is 9.18 Å². The van der Waals surface area contributed by atoms with Crippen molar-refractivity contribution in [2.24, 2.45) is 17.6 Å². The number of pyridine rings is 1. The lowest BCUT2D eigenvalue weighted by atomic mass is 9.99. The molecule has 0 spiro atoms. The van der Waals surface area contributed by atoms with Crippen LogP contribution in [0.15, 0.2) is 17.1 Å². The molecule has 11 nitrogen and oxygen atoms in total. The van der Waals surface area contributed by atoms with Crippen molar-refractivity contribution in [1.29, 1.82) is 0 Å². The van der Waals surface area contributed by atoms with E-state index in [2.05, 4.69) is 10.6 Å². The number of nitrogens with two attached hydrogens (primary N) is 1. The fourth-order valence-electron chi connectivity index (χ4n) is 5.07. The number of anilines is 1. The molecule has 3 atom stereocenters. The highest BCUT2D eigenvalue weighted by molar-refractivity contribution is 5.96. The van der Waals surface area contributed by atoms with Crippen LogP contribution in [0.5, 0.6) is 0 Å². The van der Waals surface area contributed by atoms with E-state index in [1.54, 1.807) is 16.7 Å². The number of carboxylic acids is 1. The third kappa shape index (κ3) is 5.28. The van der Waals surface area contributed by atoms with E-state index in [1.807, 2.05) is 25.7 Å². The summed E-state index contributed by atoms with van der Waals surface area (Å²) in [6.07, 6.45) is 1.75. The van der Waals surface area contributed by atoms with Crippen LogP contribution >= 0.6 is 12.4 Å². The number of rotatable bonds is 7. The number of halogens is 2. The molecule has 2 amide bonds. The molecule has 5 N–H and O–H groups in total. The maximum Gasteiger partial charge on any atom is 0.341 e. The van der Waals surface area contributed by atoms with E-state index < -0.39 is 34.7 Å². The van der Waals surface area contributed by atoms with E-state index in [0.29, 0.717) is 42.8 Å². The van der Waals surface area contributed by atoms with Crippen molar-refractivity contribution in [1.82, 2.24) is 15.3 Å². The Balaban J connectivity index is 0.00000400. The highest BCUT2D eigenvalue weighted by Gasteiger charge is 2.35. The van der Waals surface area contributed by atoms with Gasteiger partial charge in [0.15, 0.2) is 0 Å². The zero-order valence-corrected chi connectivity index (χ0v) is 22.6. The molecule has 2 aromatic rings. The fourth-order valence-corrected chi connectivity index (χ4v) is 5.07. The zero-order valence-electron chi connectivity index (χ0n) is 21.8. The van der Waals surface area contributed by atoms with E-state index in [9.17, 15) is 24.3 Å². The van der Waals surface area contributed by atoms with Crippen LogP contribution in [0, 0.1) is 17.7 Å². The van der Waals surface area contributed by atoms with Crippen molar-refractivity contribution in [3.8, 4) is 0 Å². The lowest BCUT2D eigenvalue weighted by Gasteiger charge is -2.33. The molecule has 13 heteroatoms. The molecule has 2 aliphatic heterocycles. The molecule has 1 fully saturated rings. The Kier molecular flexibility index (Phi) is 8.57. The van der Waals surface area contributed by atoms with Crippen molar-refractivity contribution in [2.45, 2.75) is 39.3 Å². The van der Waals surface area contributed by atoms with Gasteiger partial charge in [-0.2, -0.15) is 0 Å². The number of benzene rings is 1. The Morgan fingerprint density at radius 3 is 2.58 bits per heavy atom. The van der Waals surface area contributed by atoms with Crippen LogP contribution in [-0.2, 0) is 16.0 Å². The molecule has 1 aromatic heterocycles. The van der Waals surface area contributed by atoms with Crippen LogP contribution in [-0.4, -0.2) is 72.9 Å². The molecule has 0 saturated carbocycles. The second-order valence-electron chi connectivity index (χ2n) is 10.3. The van der Waals surface area contributed by atoms with Crippen LogP contribution in [0.25, 0.3) is 10.9 Å². The van der Waals surface area contributed by atoms with E-state index in [4.69, 9.17) is 5.73 Å². The summed E-state index contributed by atoms with van der Waals surface area (Å²) in [5.74, 6) is -2.80. The van der Waals surface area contributed by atoms with E-state index in [1.165, 1.54) is 6.20 Å². The third-order valence-corrected chi connectivity index (χ3v) is 7.30. The second-order valence-corrected chi connectivity index (χ2v) is 10.3. The quantitative estimate of drug-likeness (QED) is 0.386. The third-order valence-electron chi connectivity index (χ3n) is 7.30. The maximum atomic E-state index is 15.6. The number of hydrogen-bond donors (Lipinski definition) is 4. The molecular formula is C25H34ClFN6O5. The molecule has 0 aliphatic carbocycles. The molecule has 0 radical (unpaired) electrons. The summed E-state index contributed by atoms with van der Waals surface area (Å²) < 4.78 is 17.2. The van der Waals surface area contributed by atoms with Crippen molar-refractivity contribution in [3.05, 3.63) is 39.4 Å². The summed E-state index contributed by atoms with van der Waals surface area (Å²) in [6, 6.07) is 0.126. The van der Waals surface area contributed by atoms with E-state index in [-0.39, 0.29) is 48.1 Å². The van der Waals surface area contributed by atoms with Crippen molar-refractivity contribution in [2.75, 3.05) is 43.1 Å². The number of carboxylic acid groups (broad SMARTS) is 1. The van der Waals surface area contributed by atoms with Crippen molar-refractivity contribution < 1.29 is 23.9 Å². The molecule has 1 unspecified atom stereocenters. The minimum absolute atomic E-state index is 0. The van der Waals surface area contributed by atoms with E-state index >= 15 is 4.39 Å². The number of nitrogens with one attached hydrogen (secondary N) is 2. The Morgan fingerprint density at radius 2 is 1.95 bits per heavy atom. The molecule has 0 bridgehead atoms. The molecule has 1 aromatic carbocycles. The van der Waals surface area contributed by atoms with Gasteiger partial charge >= 0.3 is 5.97 Å². The number of nitrogens with zero attached hydrogens (tertiary/aromatic N) is 3. The summed E-state index contributed by atoms with van der Waals surface area (Å²) in [4.78, 5) is 50.9. The summed E-state index contributed by atoms with van der Waals surface area (Å²) in [7, 11) is 1.78. The predicted molar refractivity (Wildman–Crippen MR) is 144 cm³/mol. The normalized spacial score (nSPS) is 19.3. The summed E-state index contributed by atoms with van der Waals surface area (Å²) in [5, 5.41) is 16.8. The lowest BCUT2D eigenvalue weighted by molar-refractivity contribution is -0.127. The first-order valence-corrected chi connectivity index (χ1v) is 12.3. The Hall–Kier alpha value is -3.38. The summed E-state index contributed by atoms with van der Waals surface area (Å²) in [6.45, 7) is 6.70. The highest BCUT2D eigenvalue weighted by Crippen LogP contribution is 2.36. The lowest BCUT2D eigenvalue weighted by Crippen LogP contribution is -2.49. The van der Waals surface area contributed by atoms with Crippen LogP contribution in [0.2, 0.25) is 0 Å². The summed E-state index contributed by atoms with van der Waals surface area (Å²) in [5.41, 5.74) is 6.16. The van der Waals surface area contributed by atoms with Crippen LogP contribution < -0.4 is 31.7 Å². The molecule has 208 valence electrons. The molecular weight excluding hydrogens is 519 g/mol. The van der Waals surface area contributed by atoms with E-state index in [0.717, 1.165) is 6.07 Å². The topological polar surface area (TPSA) is 150 Å². The SMILES string of the molecule is CC(C)C(N)C(=O)NCC(=O)N[C@@H]1CN(c2c(F)cc3c(=O)c(C(=O)O)cn4c3c2CCN4C)C[C@@H]1C.Cl. The van der Waals surface area contributed by atoms with Gasteiger partial charge in [0.2, 0.25) is 17.2 Å². The van der Waals surface area contributed by atoms with Crippen molar-refractivity contribution in [3.63, 3.8) is 0 Å². The van der Waals surface area contributed by atoms with Gasteiger partial charge in [-0.1, -0.05) is 20.8 Å². The average Bonchev–Trinajstić information content (AvgIpc) is 3.19. The largest absolute Gasteiger partial charge is 0.477 e. The first-order chi connectivity index (χ1) is 17.4. The molecule has 38 heavy (non-hydrogen) atoms. The number of amides is 2. The maximum absolute atomic E-state index is 15.6. The van der Waals surface area contributed by atoms with Crippen LogP contribution in [0.1, 0.15) is 36.7 Å². The monoisotopic (exact) mass is 552 g/mol. The van der Waals surface area contributed by atoms with Crippen LogP contribution in [0.4, 0.5) is 10.1 Å². The fraction of sp³-hybridized carbons (Fsp3) is 0.520. The summed E-state index contributed by atoms with van der Waals surface area (Å²) >= 11 is 0. The first kappa shape index (κ1) is 29.2. The molecule has 1 saturated heterocycles. The Labute approximate surface area is 225 Å². The first-order valence-electron chi connectivity index (χ1n) is 12.3. The Bertz CT molecular complexity index is 1330. The van der Waals surface area contributed by atoms with Gasteiger partial charge < -0.3 is 31.4 Å². The predicted octanol–water partition coefficient (Wildman–Crippen LogP) is 0.425. The highest BCUT2D eigenvalue weighted by atomic mass is 35.5. The van der Waals surface area contributed by atoms with Gasteiger partial charge in [-0.05, 0) is 24.3 Å². The average molecular weight is 553 g/mol. The number of carbonyl (C=O) groups excluding carboxylic acids is 2. The number of likely N-dealkylation sites (N-methyl/N-ethyl adjacent to an activating group) is 1. The Morgan fingerprint density at radius 1 is 1.26 bits per heavy atom. The smallest absolute Gasteiger partial charge is 0.341 e. The molecule has 2 aliphatic rings. The molecule has 3 heterocycles. The van der Waals surface area contributed by atoms with Gasteiger partial charge in [0, 0.05) is 38.4 Å². The minimum Gasteiger partial charge on any atom is -0.477 e. The number of hydrogen-bond acceptors (Lipinski definition) is 7. The van der Waals surface area contributed by atoms with Crippen molar-refractivity contribution >= 4 is 46.8 Å². The zero-order chi connectivity index (χ0) is 27.2. The standard InChI is InChI=1S/C25H33FN6O5.ClH/c1-12(2)20(27)24(35)28-8-19(33)29-18-11-31(9-13(18)3)22-14-5-6-30(4)32-10-16(25(36)37)23(34)15(21(14)32)7-17(22)26;/h7,10,12-13,18,20H,5-6,8-9,11,27H2,1-4H3,(H,28,35)(H,29,33)(H,36,37);1H/t13-,18+,20?;/m0./s1. The van der Waals surface area contributed by atoms with Gasteiger partial charge in [0.05, 0.1) is 35.2 Å². The van der Waals surface area contributed by atoms with Gasteiger partial charge in [0.1, 0.15) is 11.4 Å². The molecule has 4 rings (SSSR count). The number of carbonyl (C=O) groups is 3.